The molecule has 102 valence electrons. The van der Waals surface area contributed by atoms with E-state index in [0.29, 0.717) is 18.8 Å². The Hall–Kier alpha value is -0.590. The minimum Gasteiger partial charge on any atom is -0.271 e. The molecule has 0 amide bonds. The van der Waals surface area contributed by atoms with Gasteiger partial charge in [-0.15, -0.1) is 0 Å². The van der Waals surface area contributed by atoms with Crippen LogP contribution in [-0.4, -0.2) is 25.8 Å². The van der Waals surface area contributed by atoms with Crippen LogP contribution in [-0.2, 0) is 10.2 Å². The third-order valence-corrected chi connectivity index (χ3v) is 5.67. The summed E-state index contributed by atoms with van der Waals surface area (Å²) < 4.78 is 29.1. The van der Waals surface area contributed by atoms with Crippen LogP contribution in [0.15, 0.2) is 16.6 Å². The Balaban J connectivity index is 3.05. The van der Waals surface area contributed by atoms with Gasteiger partial charge in [-0.3, -0.25) is 4.72 Å². The maximum absolute atomic E-state index is 12.1. The van der Waals surface area contributed by atoms with Gasteiger partial charge in [0, 0.05) is 17.6 Å². The molecule has 0 aromatic heterocycles. The quantitative estimate of drug-likeness (QED) is 0.899. The molecule has 0 saturated carbocycles. The summed E-state index contributed by atoms with van der Waals surface area (Å²) in [5.41, 5.74) is 2.61. The molecule has 18 heavy (non-hydrogen) atoms. The van der Waals surface area contributed by atoms with Crippen LogP contribution in [0.1, 0.15) is 25.0 Å². The zero-order valence-corrected chi connectivity index (χ0v) is 13.5. The summed E-state index contributed by atoms with van der Waals surface area (Å²) in [4.78, 5) is 0. The maximum Gasteiger partial charge on any atom is 0.301 e. The molecule has 0 fully saturated rings. The molecule has 4 nitrogen and oxygen atoms in total. The van der Waals surface area contributed by atoms with Crippen LogP contribution in [0.3, 0.4) is 0 Å². The molecule has 0 saturated heterocycles. The van der Waals surface area contributed by atoms with Gasteiger partial charge in [0.1, 0.15) is 0 Å². The highest BCUT2D eigenvalue weighted by Gasteiger charge is 2.18. The highest BCUT2D eigenvalue weighted by molar-refractivity contribution is 9.10. The van der Waals surface area contributed by atoms with Gasteiger partial charge in [0.2, 0.25) is 0 Å². The third-order valence-electron chi connectivity index (χ3n) is 2.73. The lowest BCUT2D eigenvalue weighted by molar-refractivity contribution is 0.449. The number of nitrogens with one attached hydrogen (secondary N) is 1. The van der Waals surface area contributed by atoms with E-state index >= 15 is 0 Å². The Labute approximate surface area is 118 Å². The fraction of sp³-hybridized carbons (Fsp3) is 0.500. The minimum absolute atomic E-state index is 0.459. The standard InChI is InChI=1S/C12H19BrN2O2S/c1-5-15(6-2)18(16,17)14-11-7-9(3)12(13)10(4)8-11/h7-8,14H,5-6H2,1-4H3. The van der Waals surface area contributed by atoms with Crippen molar-refractivity contribution in [2.24, 2.45) is 0 Å². The van der Waals surface area contributed by atoms with E-state index in [4.69, 9.17) is 0 Å². The molecule has 0 spiro atoms. The first-order valence-corrected chi connectivity index (χ1v) is 8.09. The van der Waals surface area contributed by atoms with E-state index < -0.39 is 10.2 Å². The summed E-state index contributed by atoms with van der Waals surface area (Å²) in [6, 6.07) is 3.64. The predicted molar refractivity (Wildman–Crippen MR) is 79.1 cm³/mol. The first kappa shape index (κ1) is 15.5. The fourth-order valence-corrected chi connectivity index (χ4v) is 3.24. The molecule has 1 rings (SSSR count). The zero-order valence-electron chi connectivity index (χ0n) is 11.1. The number of rotatable bonds is 5. The van der Waals surface area contributed by atoms with Crippen molar-refractivity contribution in [1.29, 1.82) is 0 Å². The van der Waals surface area contributed by atoms with Crippen LogP contribution >= 0.6 is 15.9 Å². The van der Waals surface area contributed by atoms with E-state index in [0.717, 1.165) is 15.6 Å². The normalized spacial score (nSPS) is 11.9. The Morgan fingerprint density at radius 1 is 1.17 bits per heavy atom. The van der Waals surface area contributed by atoms with Gasteiger partial charge >= 0.3 is 10.2 Å². The van der Waals surface area contributed by atoms with Crippen LogP contribution in [0.2, 0.25) is 0 Å². The van der Waals surface area contributed by atoms with Gasteiger partial charge in [-0.05, 0) is 37.1 Å². The number of halogens is 1. The molecular formula is C12H19BrN2O2S. The summed E-state index contributed by atoms with van der Waals surface area (Å²) in [7, 11) is -3.45. The first-order valence-electron chi connectivity index (χ1n) is 5.86. The number of aryl methyl sites for hydroxylation is 2. The van der Waals surface area contributed by atoms with Crippen molar-refractivity contribution in [2.45, 2.75) is 27.7 Å². The smallest absolute Gasteiger partial charge is 0.271 e. The second kappa shape index (κ2) is 6.04. The van der Waals surface area contributed by atoms with Gasteiger partial charge in [0.25, 0.3) is 0 Å². The van der Waals surface area contributed by atoms with Crippen molar-refractivity contribution >= 4 is 31.8 Å². The molecule has 0 aliphatic heterocycles. The lowest BCUT2D eigenvalue weighted by Gasteiger charge is -2.20. The molecule has 0 radical (unpaired) electrons. The molecule has 6 heteroatoms. The zero-order chi connectivity index (χ0) is 13.9. The molecule has 0 aliphatic carbocycles. The molecule has 0 bridgehead atoms. The van der Waals surface area contributed by atoms with Crippen LogP contribution in [0.5, 0.6) is 0 Å². The summed E-state index contributed by atoms with van der Waals surface area (Å²) >= 11 is 3.46. The van der Waals surface area contributed by atoms with Crippen LogP contribution in [0.4, 0.5) is 5.69 Å². The van der Waals surface area contributed by atoms with Crippen molar-refractivity contribution in [1.82, 2.24) is 4.31 Å². The summed E-state index contributed by atoms with van der Waals surface area (Å²) in [6.45, 7) is 8.43. The Morgan fingerprint density at radius 3 is 2.00 bits per heavy atom. The van der Waals surface area contributed by atoms with Crippen molar-refractivity contribution < 1.29 is 8.42 Å². The van der Waals surface area contributed by atoms with E-state index in [-0.39, 0.29) is 0 Å². The number of hydrogen-bond acceptors (Lipinski definition) is 2. The van der Waals surface area contributed by atoms with Gasteiger partial charge in [0.15, 0.2) is 0 Å². The van der Waals surface area contributed by atoms with Gasteiger partial charge in [0.05, 0.1) is 5.69 Å². The Morgan fingerprint density at radius 2 is 1.61 bits per heavy atom. The highest BCUT2D eigenvalue weighted by Crippen LogP contribution is 2.25. The average Bonchev–Trinajstić information content (AvgIpc) is 2.26. The van der Waals surface area contributed by atoms with E-state index in [2.05, 4.69) is 20.7 Å². The maximum atomic E-state index is 12.1. The van der Waals surface area contributed by atoms with E-state index in [1.54, 1.807) is 0 Å². The number of anilines is 1. The Kier molecular flexibility index (Phi) is 5.19. The molecule has 0 heterocycles. The van der Waals surface area contributed by atoms with E-state index in [1.165, 1.54) is 4.31 Å². The van der Waals surface area contributed by atoms with Crippen LogP contribution < -0.4 is 4.72 Å². The lowest BCUT2D eigenvalue weighted by atomic mass is 10.1. The van der Waals surface area contributed by atoms with Crippen molar-refractivity contribution in [3.63, 3.8) is 0 Å². The molecule has 0 aliphatic rings. The SMILES string of the molecule is CCN(CC)S(=O)(=O)Nc1cc(C)c(Br)c(C)c1. The summed E-state index contributed by atoms with van der Waals surface area (Å²) in [5, 5.41) is 0. The number of nitrogens with zero attached hydrogens (tertiary/aromatic N) is 1. The van der Waals surface area contributed by atoms with Gasteiger partial charge in [-0.1, -0.05) is 29.8 Å². The van der Waals surface area contributed by atoms with Crippen LogP contribution in [0.25, 0.3) is 0 Å². The topological polar surface area (TPSA) is 49.4 Å². The average molecular weight is 335 g/mol. The molecular weight excluding hydrogens is 316 g/mol. The van der Waals surface area contributed by atoms with Crippen molar-refractivity contribution in [3.05, 3.63) is 27.7 Å². The monoisotopic (exact) mass is 334 g/mol. The fourth-order valence-electron chi connectivity index (χ4n) is 1.78. The first-order chi connectivity index (χ1) is 8.31. The molecule has 1 aromatic rings. The second-order valence-electron chi connectivity index (χ2n) is 4.12. The summed E-state index contributed by atoms with van der Waals surface area (Å²) in [5.74, 6) is 0. The third kappa shape index (κ3) is 3.46. The largest absolute Gasteiger partial charge is 0.301 e. The Bertz CT molecular complexity index is 502. The van der Waals surface area contributed by atoms with Crippen LogP contribution in [0, 0.1) is 13.8 Å². The van der Waals surface area contributed by atoms with E-state index in [1.807, 2.05) is 39.8 Å². The van der Waals surface area contributed by atoms with E-state index in [9.17, 15) is 8.42 Å². The van der Waals surface area contributed by atoms with Gasteiger partial charge in [-0.25, -0.2) is 0 Å². The second-order valence-corrected chi connectivity index (χ2v) is 6.58. The van der Waals surface area contributed by atoms with Gasteiger partial charge < -0.3 is 0 Å². The molecule has 1 N–H and O–H groups in total. The van der Waals surface area contributed by atoms with Gasteiger partial charge in [-0.2, -0.15) is 12.7 Å². The molecule has 1 aromatic carbocycles. The minimum atomic E-state index is -3.45. The number of hydrogen-bond donors (Lipinski definition) is 1. The number of benzene rings is 1. The lowest BCUT2D eigenvalue weighted by Crippen LogP contribution is -2.35. The highest BCUT2D eigenvalue weighted by atomic mass is 79.9. The van der Waals surface area contributed by atoms with Crippen molar-refractivity contribution in [3.8, 4) is 0 Å². The predicted octanol–water partition coefficient (Wildman–Crippen LogP) is 3.06. The molecule has 0 unspecified atom stereocenters. The van der Waals surface area contributed by atoms with Crippen molar-refractivity contribution in [2.75, 3.05) is 17.8 Å². The molecule has 0 atom stereocenters. The summed E-state index contributed by atoms with van der Waals surface area (Å²) in [6.07, 6.45) is 0.